The van der Waals surface area contributed by atoms with Gasteiger partial charge >= 0.3 is 5.97 Å². The summed E-state index contributed by atoms with van der Waals surface area (Å²) in [5, 5.41) is 3.19. The third-order valence-corrected chi connectivity index (χ3v) is 2.81. The number of benzene rings is 1. The molecule has 5 nitrogen and oxygen atoms in total. The van der Waals surface area contributed by atoms with Gasteiger partial charge in [-0.15, -0.1) is 0 Å². The molecule has 5 heteroatoms. The van der Waals surface area contributed by atoms with Crippen LogP contribution in [0.1, 0.15) is 19.4 Å². The standard InChI is InChI=1S/C14H19NO4/c1-3-17-9-10-5-6-12-11(7-10)15-8-13(19-12)14(16)18-4-2/h5-7,13,15H,3-4,8-9H2,1-2H3. The molecule has 1 aliphatic rings. The molecule has 1 heterocycles. The van der Waals surface area contributed by atoms with E-state index >= 15 is 0 Å². The normalized spacial score (nSPS) is 17.1. The van der Waals surface area contributed by atoms with Crippen molar-refractivity contribution in [1.82, 2.24) is 0 Å². The van der Waals surface area contributed by atoms with Crippen LogP contribution in [0.2, 0.25) is 0 Å². The van der Waals surface area contributed by atoms with E-state index in [9.17, 15) is 4.79 Å². The molecule has 2 rings (SSSR count). The second-order valence-corrected chi connectivity index (χ2v) is 4.21. The van der Waals surface area contributed by atoms with Crippen LogP contribution in [-0.2, 0) is 20.9 Å². The third-order valence-electron chi connectivity index (χ3n) is 2.81. The van der Waals surface area contributed by atoms with E-state index < -0.39 is 6.10 Å². The molecule has 0 bridgehead atoms. The summed E-state index contributed by atoms with van der Waals surface area (Å²) >= 11 is 0. The summed E-state index contributed by atoms with van der Waals surface area (Å²) in [7, 11) is 0. The Morgan fingerprint density at radius 1 is 1.42 bits per heavy atom. The second-order valence-electron chi connectivity index (χ2n) is 4.21. The van der Waals surface area contributed by atoms with Gasteiger partial charge in [0.25, 0.3) is 0 Å². The fourth-order valence-electron chi connectivity index (χ4n) is 1.89. The Labute approximate surface area is 112 Å². The number of ether oxygens (including phenoxy) is 3. The molecule has 0 radical (unpaired) electrons. The van der Waals surface area contributed by atoms with E-state index in [4.69, 9.17) is 14.2 Å². The van der Waals surface area contributed by atoms with Gasteiger partial charge in [0, 0.05) is 6.61 Å². The molecule has 0 fully saturated rings. The summed E-state index contributed by atoms with van der Waals surface area (Å²) in [4.78, 5) is 11.6. The van der Waals surface area contributed by atoms with Gasteiger partial charge < -0.3 is 19.5 Å². The van der Waals surface area contributed by atoms with Gasteiger partial charge in [-0.2, -0.15) is 0 Å². The lowest BCUT2D eigenvalue weighted by atomic mass is 10.1. The van der Waals surface area contributed by atoms with Crippen LogP contribution in [0.25, 0.3) is 0 Å². The molecule has 19 heavy (non-hydrogen) atoms. The lowest BCUT2D eigenvalue weighted by Crippen LogP contribution is -2.39. The molecule has 0 spiro atoms. The number of anilines is 1. The summed E-state index contributed by atoms with van der Waals surface area (Å²) < 4.78 is 15.9. The summed E-state index contributed by atoms with van der Waals surface area (Å²) in [5.74, 6) is 0.337. The molecule has 1 N–H and O–H groups in total. The van der Waals surface area contributed by atoms with E-state index in [0.717, 1.165) is 11.3 Å². The minimum absolute atomic E-state index is 0.334. The first-order valence-corrected chi connectivity index (χ1v) is 6.52. The van der Waals surface area contributed by atoms with Crippen molar-refractivity contribution >= 4 is 11.7 Å². The number of carbonyl (C=O) groups excluding carboxylic acids is 1. The van der Waals surface area contributed by atoms with E-state index in [2.05, 4.69) is 5.32 Å². The number of esters is 1. The highest BCUT2D eigenvalue weighted by Gasteiger charge is 2.26. The molecule has 1 aromatic rings. The molecule has 104 valence electrons. The molecular weight excluding hydrogens is 246 g/mol. The highest BCUT2D eigenvalue weighted by molar-refractivity contribution is 5.77. The van der Waals surface area contributed by atoms with Crippen molar-refractivity contribution in [2.75, 3.05) is 25.1 Å². The Kier molecular flexibility index (Phi) is 4.63. The van der Waals surface area contributed by atoms with Crippen LogP contribution in [0, 0.1) is 0 Å². The zero-order valence-electron chi connectivity index (χ0n) is 11.3. The number of hydrogen-bond acceptors (Lipinski definition) is 5. The van der Waals surface area contributed by atoms with Crippen molar-refractivity contribution in [3.05, 3.63) is 23.8 Å². The minimum Gasteiger partial charge on any atom is -0.475 e. The maximum Gasteiger partial charge on any atom is 0.349 e. The maximum absolute atomic E-state index is 11.6. The summed E-state index contributed by atoms with van der Waals surface area (Å²) in [6.07, 6.45) is -0.579. The first-order valence-electron chi connectivity index (χ1n) is 6.52. The lowest BCUT2D eigenvalue weighted by molar-refractivity contribution is -0.150. The largest absolute Gasteiger partial charge is 0.475 e. The van der Waals surface area contributed by atoms with E-state index in [1.54, 1.807) is 6.92 Å². The topological polar surface area (TPSA) is 56.8 Å². The predicted octanol–water partition coefficient (Wildman–Crippen LogP) is 1.96. The monoisotopic (exact) mass is 265 g/mol. The smallest absolute Gasteiger partial charge is 0.349 e. The second kappa shape index (κ2) is 6.43. The van der Waals surface area contributed by atoms with Crippen molar-refractivity contribution in [2.45, 2.75) is 26.6 Å². The summed E-state index contributed by atoms with van der Waals surface area (Å²) in [6, 6.07) is 5.76. The van der Waals surface area contributed by atoms with Crippen LogP contribution in [0.5, 0.6) is 5.75 Å². The van der Waals surface area contributed by atoms with Crippen LogP contribution in [0.4, 0.5) is 5.69 Å². The molecule has 1 unspecified atom stereocenters. The van der Waals surface area contributed by atoms with Crippen molar-refractivity contribution < 1.29 is 19.0 Å². The minimum atomic E-state index is -0.579. The molecule has 0 aromatic heterocycles. The van der Waals surface area contributed by atoms with Gasteiger partial charge in [0.15, 0.2) is 0 Å². The van der Waals surface area contributed by atoms with Gasteiger partial charge in [-0.05, 0) is 31.5 Å². The Morgan fingerprint density at radius 3 is 3.00 bits per heavy atom. The average Bonchev–Trinajstić information content (AvgIpc) is 2.44. The number of carbonyl (C=O) groups is 1. The first-order chi connectivity index (χ1) is 9.24. The SMILES string of the molecule is CCOCc1ccc2c(c1)NCC(C(=O)OCC)O2. The van der Waals surface area contributed by atoms with Gasteiger partial charge in [-0.3, -0.25) is 0 Å². The third kappa shape index (κ3) is 3.38. The average molecular weight is 265 g/mol. The van der Waals surface area contributed by atoms with E-state index in [1.165, 1.54) is 0 Å². The van der Waals surface area contributed by atoms with Crippen molar-refractivity contribution in [3.8, 4) is 5.75 Å². The molecule has 0 amide bonds. The Balaban J connectivity index is 2.03. The lowest BCUT2D eigenvalue weighted by Gasteiger charge is -2.26. The van der Waals surface area contributed by atoms with Crippen LogP contribution >= 0.6 is 0 Å². The first kappa shape index (κ1) is 13.7. The highest BCUT2D eigenvalue weighted by Crippen LogP contribution is 2.30. The Bertz CT molecular complexity index is 447. The molecular formula is C14H19NO4. The summed E-state index contributed by atoms with van der Waals surface area (Å²) in [5.41, 5.74) is 1.96. The number of nitrogens with one attached hydrogen (secondary N) is 1. The van der Waals surface area contributed by atoms with Crippen LogP contribution in [0.15, 0.2) is 18.2 Å². The van der Waals surface area contributed by atoms with Gasteiger partial charge in [0.1, 0.15) is 5.75 Å². The molecule has 1 aliphatic heterocycles. The predicted molar refractivity (Wildman–Crippen MR) is 71.3 cm³/mol. The Hall–Kier alpha value is -1.75. The molecule has 0 aliphatic carbocycles. The van der Waals surface area contributed by atoms with Gasteiger partial charge in [0.2, 0.25) is 6.10 Å². The van der Waals surface area contributed by atoms with Crippen molar-refractivity contribution in [1.29, 1.82) is 0 Å². The van der Waals surface area contributed by atoms with Crippen LogP contribution in [0.3, 0.4) is 0 Å². The molecule has 1 aromatic carbocycles. The number of fused-ring (bicyclic) bond motifs is 1. The Morgan fingerprint density at radius 2 is 2.26 bits per heavy atom. The number of hydrogen-bond donors (Lipinski definition) is 1. The zero-order valence-corrected chi connectivity index (χ0v) is 11.3. The molecule has 0 saturated heterocycles. The van der Waals surface area contributed by atoms with Crippen molar-refractivity contribution in [3.63, 3.8) is 0 Å². The molecule has 0 saturated carbocycles. The van der Waals surface area contributed by atoms with Gasteiger partial charge in [0.05, 0.1) is 25.4 Å². The quantitative estimate of drug-likeness (QED) is 0.825. The van der Waals surface area contributed by atoms with E-state index in [-0.39, 0.29) is 5.97 Å². The van der Waals surface area contributed by atoms with Gasteiger partial charge in [-0.25, -0.2) is 4.79 Å². The van der Waals surface area contributed by atoms with Crippen molar-refractivity contribution in [2.24, 2.45) is 0 Å². The fraction of sp³-hybridized carbons (Fsp3) is 0.500. The van der Waals surface area contributed by atoms with E-state index in [1.807, 2.05) is 25.1 Å². The van der Waals surface area contributed by atoms with Crippen LogP contribution < -0.4 is 10.1 Å². The maximum atomic E-state index is 11.6. The van der Waals surface area contributed by atoms with E-state index in [0.29, 0.717) is 32.1 Å². The highest BCUT2D eigenvalue weighted by atomic mass is 16.6. The van der Waals surface area contributed by atoms with Gasteiger partial charge in [-0.1, -0.05) is 6.07 Å². The fourth-order valence-corrected chi connectivity index (χ4v) is 1.89. The number of rotatable bonds is 5. The summed E-state index contributed by atoms with van der Waals surface area (Å²) in [6.45, 7) is 5.79. The van der Waals surface area contributed by atoms with Crippen LogP contribution in [-0.4, -0.2) is 31.8 Å². The molecule has 1 atom stereocenters. The zero-order chi connectivity index (χ0) is 13.7.